The normalized spacial score (nSPS) is 10.6. The molecule has 3 nitrogen and oxygen atoms in total. The fourth-order valence-corrected chi connectivity index (χ4v) is 2.36. The maximum Gasteiger partial charge on any atom is 0.132 e. The molecule has 0 aliphatic carbocycles. The van der Waals surface area contributed by atoms with Gasteiger partial charge in [-0.2, -0.15) is 0 Å². The molecule has 0 atom stereocenters. The van der Waals surface area contributed by atoms with Crippen LogP contribution in [0.2, 0.25) is 0 Å². The monoisotopic (exact) mass is 401 g/mol. The van der Waals surface area contributed by atoms with Gasteiger partial charge in [0.25, 0.3) is 0 Å². The van der Waals surface area contributed by atoms with Gasteiger partial charge in [-0.15, -0.1) is 0 Å². The molecule has 0 spiro atoms. The molecule has 5 heteroatoms. The van der Waals surface area contributed by atoms with Gasteiger partial charge in [0.05, 0.1) is 6.61 Å². The van der Waals surface area contributed by atoms with E-state index in [1.165, 1.54) is 12.1 Å². The molecule has 2 aromatic rings. The summed E-state index contributed by atoms with van der Waals surface area (Å²) in [7, 11) is 1.65. The second-order valence-corrected chi connectivity index (χ2v) is 5.73. The highest BCUT2D eigenvalue weighted by Crippen LogP contribution is 2.27. The Balaban J connectivity index is 2.10. The second-order valence-electron chi connectivity index (χ2n) is 4.48. The van der Waals surface area contributed by atoms with Gasteiger partial charge in [-0.3, -0.25) is 0 Å². The average molecular weight is 401 g/mol. The molecule has 2 aromatic carbocycles. The van der Waals surface area contributed by atoms with Crippen LogP contribution in [0.15, 0.2) is 42.5 Å². The zero-order chi connectivity index (χ0) is 15.1. The van der Waals surface area contributed by atoms with Gasteiger partial charge in [-0.25, -0.2) is 4.39 Å². The van der Waals surface area contributed by atoms with Gasteiger partial charge in [-0.05, 0) is 59.0 Å². The fraction of sp³-hybridized carbons (Fsp3) is 0.250. The van der Waals surface area contributed by atoms with E-state index in [4.69, 9.17) is 9.47 Å². The van der Waals surface area contributed by atoms with Crippen molar-refractivity contribution in [3.8, 4) is 11.5 Å². The van der Waals surface area contributed by atoms with Crippen molar-refractivity contribution in [2.75, 3.05) is 20.3 Å². The smallest absolute Gasteiger partial charge is 0.132 e. The van der Waals surface area contributed by atoms with Crippen molar-refractivity contribution in [2.24, 2.45) is 0 Å². The number of nitrogens with one attached hydrogen (secondary N) is 1. The molecule has 0 saturated heterocycles. The van der Waals surface area contributed by atoms with E-state index in [0.29, 0.717) is 25.4 Å². The van der Waals surface area contributed by atoms with Crippen molar-refractivity contribution >= 4 is 22.6 Å². The van der Waals surface area contributed by atoms with Crippen LogP contribution in [0.3, 0.4) is 0 Å². The van der Waals surface area contributed by atoms with Gasteiger partial charge >= 0.3 is 0 Å². The first kappa shape index (κ1) is 16.2. The zero-order valence-corrected chi connectivity index (χ0v) is 13.9. The van der Waals surface area contributed by atoms with Crippen LogP contribution in [0.25, 0.3) is 0 Å². The lowest BCUT2D eigenvalue weighted by Crippen LogP contribution is -2.19. The minimum atomic E-state index is -0.270. The summed E-state index contributed by atoms with van der Waals surface area (Å²) in [5.41, 5.74) is 0.782. The number of hydrogen-bond acceptors (Lipinski definition) is 3. The Morgan fingerprint density at radius 3 is 2.81 bits per heavy atom. The van der Waals surface area contributed by atoms with E-state index in [9.17, 15) is 4.39 Å². The Labute approximate surface area is 137 Å². The Morgan fingerprint density at radius 2 is 2.05 bits per heavy atom. The van der Waals surface area contributed by atoms with Crippen LogP contribution >= 0.6 is 22.6 Å². The van der Waals surface area contributed by atoms with E-state index in [2.05, 4.69) is 27.9 Å². The van der Waals surface area contributed by atoms with Crippen molar-refractivity contribution in [3.05, 3.63) is 57.4 Å². The Bertz CT molecular complexity index is 592. The van der Waals surface area contributed by atoms with E-state index in [-0.39, 0.29) is 5.82 Å². The molecule has 112 valence electrons. The predicted molar refractivity (Wildman–Crippen MR) is 89.2 cm³/mol. The lowest BCUT2D eigenvalue weighted by atomic mass is 10.2. The standard InChI is InChI=1S/C16H17FINO2/c1-20-8-7-19-11-12-9-13(17)5-6-16(12)21-15-4-2-3-14(18)10-15/h2-6,9-10,19H,7-8,11H2,1H3. The number of methoxy groups -OCH3 is 1. The van der Waals surface area contributed by atoms with Gasteiger partial charge in [0.15, 0.2) is 0 Å². The number of rotatable bonds is 7. The molecule has 0 aliphatic rings. The lowest BCUT2D eigenvalue weighted by Gasteiger charge is -2.12. The van der Waals surface area contributed by atoms with E-state index < -0.39 is 0 Å². The highest BCUT2D eigenvalue weighted by atomic mass is 127. The van der Waals surface area contributed by atoms with Crippen LogP contribution in [0, 0.1) is 9.39 Å². The largest absolute Gasteiger partial charge is 0.457 e. The minimum absolute atomic E-state index is 0.270. The highest BCUT2D eigenvalue weighted by Gasteiger charge is 2.07. The van der Waals surface area contributed by atoms with Crippen molar-refractivity contribution in [3.63, 3.8) is 0 Å². The van der Waals surface area contributed by atoms with E-state index in [1.807, 2.05) is 24.3 Å². The van der Waals surface area contributed by atoms with Crippen LogP contribution < -0.4 is 10.1 Å². The number of ether oxygens (including phenoxy) is 2. The average Bonchev–Trinajstić information content (AvgIpc) is 2.46. The third-order valence-electron chi connectivity index (χ3n) is 2.84. The summed E-state index contributed by atoms with van der Waals surface area (Å²) < 4.78 is 25.3. The summed E-state index contributed by atoms with van der Waals surface area (Å²) in [5, 5.41) is 3.19. The quantitative estimate of drug-likeness (QED) is 0.563. The summed E-state index contributed by atoms with van der Waals surface area (Å²) in [4.78, 5) is 0. The van der Waals surface area contributed by atoms with Gasteiger partial charge in [0.1, 0.15) is 17.3 Å². The summed E-state index contributed by atoms with van der Waals surface area (Å²) in [6, 6.07) is 12.3. The summed E-state index contributed by atoms with van der Waals surface area (Å²) in [6.07, 6.45) is 0. The van der Waals surface area contributed by atoms with Crippen molar-refractivity contribution in [1.29, 1.82) is 0 Å². The first-order valence-electron chi connectivity index (χ1n) is 6.60. The summed E-state index contributed by atoms with van der Waals surface area (Å²) in [5.74, 6) is 1.13. The molecule has 2 rings (SSSR count). The van der Waals surface area contributed by atoms with Crippen LogP contribution in [0.5, 0.6) is 11.5 Å². The molecule has 0 fully saturated rings. The number of halogens is 2. The third-order valence-corrected chi connectivity index (χ3v) is 3.52. The van der Waals surface area contributed by atoms with E-state index in [1.54, 1.807) is 13.2 Å². The fourth-order valence-electron chi connectivity index (χ4n) is 1.84. The lowest BCUT2D eigenvalue weighted by molar-refractivity contribution is 0.199. The molecule has 21 heavy (non-hydrogen) atoms. The van der Waals surface area contributed by atoms with Crippen LogP contribution in [0.4, 0.5) is 4.39 Å². The van der Waals surface area contributed by atoms with Gasteiger partial charge in [0.2, 0.25) is 0 Å². The van der Waals surface area contributed by atoms with E-state index in [0.717, 1.165) is 14.9 Å². The highest BCUT2D eigenvalue weighted by molar-refractivity contribution is 14.1. The number of benzene rings is 2. The molecular weight excluding hydrogens is 384 g/mol. The van der Waals surface area contributed by atoms with Crippen LogP contribution in [-0.2, 0) is 11.3 Å². The SMILES string of the molecule is COCCNCc1cc(F)ccc1Oc1cccc(I)c1. The Kier molecular flexibility index (Phi) is 6.41. The minimum Gasteiger partial charge on any atom is -0.457 e. The Hall–Kier alpha value is -1.18. The molecule has 0 bridgehead atoms. The van der Waals surface area contributed by atoms with Gasteiger partial charge in [0, 0.05) is 29.3 Å². The molecule has 0 amide bonds. The van der Waals surface area contributed by atoms with Crippen LogP contribution in [0.1, 0.15) is 5.56 Å². The molecule has 0 saturated carbocycles. The molecule has 0 unspecified atom stereocenters. The molecule has 0 aromatic heterocycles. The van der Waals surface area contributed by atoms with E-state index >= 15 is 0 Å². The van der Waals surface area contributed by atoms with Crippen molar-refractivity contribution in [2.45, 2.75) is 6.54 Å². The molecule has 0 heterocycles. The topological polar surface area (TPSA) is 30.5 Å². The number of hydrogen-bond donors (Lipinski definition) is 1. The second kappa shape index (κ2) is 8.31. The predicted octanol–water partition coefficient (Wildman–Crippen LogP) is 3.96. The first-order chi connectivity index (χ1) is 10.2. The molecule has 0 aliphatic heterocycles. The van der Waals surface area contributed by atoms with Gasteiger partial charge in [-0.1, -0.05) is 6.07 Å². The molecule has 1 N–H and O–H groups in total. The molecular formula is C16H17FINO2. The van der Waals surface area contributed by atoms with Crippen molar-refractivity contribution in [1.82, 2.24) is 5.32 Å². The third kappa shape index (κ3) is 5.26. The van der Waals surface area contributed by atoms with Crippen LogP contribution in [-0.4, -0.2) is 20.3 Å². The maximum atomic E-state index is 13.4. The maximum absolute atomic E-state index is 13.4. The molecule has 0 radical (unpaired) electrons. The Morgan fingerprint density at radius 1 is 1.19 bits per heavy atom. The van der Waals surface area contributed by atoms with Crippen molar-refractivity contribution < 1.29 is 13.9 Å². The van der Waals surface area contributed by atoms with Gasteiger partial charge < -0.3 is 14.8 Å². The first-order valence-corrected chi connectivity index (χ1v) is 7.68. The summed E-state index contributed by atoms with van der Waals surface area (Å²) >= 11 is 2.23. The summed E-state index contributed by atoms with van der Waals surface area (Å²) in [6.45, 7) is 1.85. The zero-order valence-electron chi connectivity index (χ0n) is 11.7.